The highest BCUT2D eigenvalue weighted by Crippen LogP contribution is 2.31. The molecule has 2 heterocycles. The maximum atomic E-state index is 5.91. The van der Waals surface area contributed by atoms with Crippen molar-refractivity contribution in [1.29, 1.82) is 0 Å². The van der Waals surface area contributed by atoms with E-state index in [9.17, 15) is 0 Å². The van der Waals surface area contributed by atoms with Crippen LogP contribution >= 0.6 is 0 Å². The monoisotopic (exact) mass is 334 g/mol. The van der Waals surface area contributed by atoms with Crippen LogP contribution in [-0.4, -0.2) is 50.2 Å². The second kappa shape index (κ2) is 7.17. The van der Waals surface area contributed by atoms with Crippen molar-refractivity contribution in [2.45, 2.75) is 5.54 Å². The first-order valence-corrected chi connectivity index (χ1v) is 8.69. The van der Waals surface area contributed by atoms with E-state index < -0.39 is 0 Å². The van der Waals surface area contributed by atoms with Gasteiger partial charge in [0.15, 0.2) is 0 Å². The first-order chi connectivity index (χ1) is 12.4. The van der Waals surface area contributed by atoms with Crippen LogP contribution in [-0.2, 0) is 5.54 Å². The maximum absolute atomic E-state index is 5.91. The summed E-state index contributed by atoms with van der Waals surface area (Å²) in [4.78, 5) is 11.3. The number of hydrogen-bond donors (Lipinski definition) is 1. The van der Waals surface area contributed by atoms with Crippen molar-refractivity contribution in [3.8, 4) is 11.5 Å². The van der Waals surface area contributed by atoms with Gasteiger partial charge < -0.3 is 10.1 Å². The third kappa shape index (κ3) is 3.34. The molecular weight excluding hydrogens is 312 g/mol. The number of hydrogen-bond acceptors (Lipinski definition) is 5. The molecule has 2 aromatic carbocycles. The molecule has 0 spiro atoms. The second-order valence-corrected chi connectivity index (χ2v) is 6.34. The molecule has 0 radical (unpaired) electrons. The highest BCUT2D eigenvalue weighted by Gasteiger charge is 2.38. The third-order valence-electron chi connectivity index (χ3n) is 4.78. The SMILES string of the molecule is C1=NC=NCC1(c1ccc(Oc2ccccc2)cc1)N1CCNCC1. The highest BCUT2D eigenvalue weighted by molar-refractivity contribution is 5.83. The van der Waals surface area contributed by atoms with Crippen LogP contribution in [0.1, 0.15) is 5.56 Å². The van der Waals surface area contributed by atoms with Gasteiger partial charge in [0.25, 0.3) is 0 Å². The molecule has 1 saturated heterocycles. The summed E-state index contributed by atoms with van der Waals surface area (Å²) < 4.78 is 5.91. The predicted octanol–water partition coefficient (Wildman–Crippen LogP) is 2.69. The average Bonchev–Trinajstić information content (AvgIpc) is 2.70. The smallest absolute Gasteiger partial charge is 0.127 e. The Kier molecular flexibility index (Phi) is 4.59. The van der Waals surface area contributed by atoms with Crippen molar-refractivity contribution >= 4 is 12.6 Å². The largest absolute Gasteiger partial charge is 0.457 e. The molecule has 4 rings (SSSR count). The normalized spacial score (nSPS) is 23.5. The number of benzene rings is 2. The first kappa shape index (κ1) is 16.0. The van der Waals surface area contributed by atoms with Crippen molar-refractivity contribution in [2.24, 2.45) is 9.98 Å². The van der Waals surface area contributed by atoms with E-state index in [2.05, 4.69) is 32.3 Å². The number of nitrogens with zero attached hydrogens (tertiary/aromatic N) is 3. The lowest BCUT2D eigenvalue weighted by molar-refractivity contribution is 0.137. The molecule has 0 amide bonds. The molecule has 1 fully saturated rings. The van der Waals surface area contributed by atoms with Crippen molar-refractivity contribution < 1.29 is 4.74 Å². The standard InChI is InChI=1S/C20H22N4O/c1-2-4-18(5-3-1)25-19-8-6-17(7-9-19)20(14-22-16-23-15-20)24-12-10-21-11-13-24/h1-9,14,16,21H,10-13,15H2. The lowest BCUT2D eigenvalue weighted by atomic mass is 9.87. The van der Waals surface area contributed by atoms with E-state index in [0.717, 1.165) is 37.7 Å². The number of ether oxygens (including phenoxy) is 1. The topological polar surface area (TPSA) is 49.2 Å². The van der Waals surface area contributed by atoms with E-state index in [1.807, 2.05) is 48.7 Å². The molecule has 2 aliphatic rings. The minimum atomic E-state index is -0.262. The van der Waals surface area contributed by atoms with Gasteiger partial charge in [-0.1, -0.05) is 30.3 Å². The molecule has 2 aromatic rings. The van der Waals surface area contributed by atoms with Crippen LogP contribution in [0.3, 0.4) is 0 Å². The molecule has 5 heteroatoms. The van der Waals surface area contributed by atoms with E-state index in [1.165, 1.54) is 5.56 Å². The average molecular weight is 334 g/mol. The van der Waals surface area contributed by atoms with Crippen LogP contribution in [0.5, 0.6) is 11.5 Å². The number of para-hydroxylation sites is 1. The Bertz CT molecular complexity index is 751. The summed E-state index contributed by atoms with van der Waals surface area (Å²) >= 11 is 0. The molecule has 1 atom stereocenters. The van der Waals surface area contributed by atoms with Gasteiger partial charge in [-0.05, 0) is 29.8 Å². The van der Waals surface area contributed by atoms with Crippen LogP contribution in [0.25, 0.3) is 0 Å². The van der Waals surface area contributed by atoms with E-state index in [-0.39, 0.29) is 5.54 Å². The van der Waals surface area contributed by atoms with Gasteiger partial charge in [-0.2, -0.15) is 0 Å². The van der Waals surface area contributed by atoms with Gasteiger partial charge in [0.2, 0.25) is 0 Å². The second-order valence-electron chi connectivity index (χ2n) is 6.34. The van der Waals surface area contributed by atoms with E-state index in [4.69, 9.17) is 4.74 Å². The van der Waals surface area contributed by atoms with Gasteiger partial charge in [0, 0.05) is 32.4 Å². The van der Waals surface area contributed by atoms with Crippen molar-refractivity contribution in [2.75, 3.05) is 32.7 Å². The van der Waals surface area contributed by atoms with E-state index in [0.29, 0.717) is 6.54 Å². The fourth-order valence-electron chi connectivity index (χ4n) is 3.45. The van der Waals surface area contributed by atoms with Crippen LogP contribution in [0.2, 0.25) is 0 Å². The fraction of sp³-hybridized carbons (Fsp3) is 0.300. The Balaban J connectivity index is 1.59. The quantitative estimate of drug-likeness (QED) is 0.935. The van der Waals surface area contributed by atoms with Crippen LogP contribution in [0.4, 0.5) is 0 Å². The predicted molar refractivity (Wildman–Crippen MR) is 101 cm³/mol. The van der Waals surface area contributed by atoms with Crippen molar-refractivity contribution in [3.05, 3.63) is 60.2 Å². The molecule has 0 aromatic heterocycles. The zero-order valence-corrected chi connectivity index (χ0v) is 14.1. The zero-order chi connectivity index (χ0) is 17.0. The lowest BCUT2D eigenvalue weighted by Crippen LogP contribution is -2.57. The highest BCUT2D eigenvalue weighted by atomic mass is 16.5. The zero-order valence-electron chi connectivity index (χ0n) is 14.1. The summed E-state index contributed by atoms with van der Waals surface area (Å²) in [6.07, 6.45) is 3.69. The summed E-state index contributed by atoms with van der Waals surface area (Å²) in [6, 6.07) is 18.2. The van der Waals surface area contributed by atoms with Gasteiger partial charge >= 0.3 is 0 Å². The van der Waals surface area contributed by atoms with Crippen molar-refractivity contribution in [3.63, 3.8) is 0 Å². The van der Waals surface area contributed by atoms with E-state index in [1.54, 1.807) is 6.34 Å². The van der Waals surface area contributed by atoms with Crippen LogP contribution < -0.4 is 10.1 Å². The van der Waals surface area contributed by atoms with E-state index >= 15 is 0 Å². The number of rotatable bonds is 4. The van der Waals surface area contributed by atoms with Crippen LogP contribution in [0.15, 0.2) is 64.6 Å². The van der Waals surface area contributed by atoms with Gasteiger partial charge in [0.1, 0.15) is 23.4 Å². The Labute approximate surface area is 148 Å². The Hall–Kier alpha value is -2.50. The number of nitrogens with one attached hydrogen (secondary N) is 1. The van der Waals surface area contributed by atoms with Gasteiger partial charge in [-0.3, -0.25) is 9.89 Å². The van der Waals surface area contributed by atoms with Gasteiger partial charge in [0.05, 0.1) is 6.54 Å². The molecule has 2 aliphatic heterocycles. The van der Waals surface area contributed by atoms with Gasteiger partial charge in [-0.15, -0.1) is 0 Å². The summed E-state index contributed by atoms with van der Waals surface area (Å²) in [5.74, 6) is 1.68. The first-order valence-electron chi connectivity index (χ1n) is 8.69. The molecule has 0 saturated carbocycles. The molecule has 1 N–H and O–H groups in total. The Morgan fingerprint density at radius 1 is 0.920 bits per heavy atom. The maximum Gasteiger partial charge on any atom is 0.127 e. The summed E-state index contributed by atoms with van der Waals surface area (Å²) in [5, 5.41) is 3.41. The summed E-state index contributed by atoms with van der Waals surface area (Å²) in [6.45, 7) is 4.67. The molecule has 0 bridgehead atoms. The Morgan fingerprint density at radius 2 is 1.64 bits per heavy atom. The summed E-state index contributed by atoms with van der Waals surface area (Å²) in [7, 11) is 0. The molecular formula is C20H22N4O. The minimum Gasteiger partial charge on any atom is -0.457 e. The molecule has 128 valence electrons. The number of piperazine rings is 1. The Morgan fingerprint density at radius 3 is 2.32 bits per heavy atom. The minimum absolute atomic E-state index is 0.262. The lowest BCUT2D eigenvalue weighted by Gasteiger charge is -2.43. The van der Waals surface area contributed by atoms with Gasteiger partial charge in [-0.25, -0.2) is 4.99 Å². The number of aliphatic imine (C=N–C) groups is 2. The molecule has 25 heavy (non-hydrogen) atoms. The molecule has 1 unspecified atom stereocenters. The third-order valence-corrected chi connectivity index (χ3v) is 4.78. The molecule has 5 nitrogen and oxygen atoms in total. The fourth-order valence-corrected chi connectivity index (χ4v) is 3.45. The van der Waals surface area contributed by atoms with Crippen molar-refractivity contribution in [1.82, 2.24) is 10.2 Å². The summed E-state index contributed by atoms with van der Waals surface area (Å²) in [5.41, 5.74) is 0.942. The van der Waals surface area contributed by atoms with Crippen LogP contribution in [0, 0.1) is 0 Å². The molecule has 0 aliphatic carbocycles.